The van der Waals surface area contributed by atoms with Crippen molar-refractivity contribution >= 4 is 11.6 Å². The summed E-state index contributed by atoms with van der Waals surface area (Å²) in [4.78, 5) is 11.8. The number of carbonyl (C=O) groups excluding carboxylic acids is 1. The Kier molecular flexibility index (Phi) is 5.40. The highest BCUT2D eigenvalue weighted by atomic mass is 16.6. The number of amides is 1. The van der Waals surface area contributed by atoms with Crippen LogP contribution in [0, 0.1) is 0 Å². The van der Waals surface area contributed by atoms with Crippen molar-refractivity contribution in [3.05, 3.63) is 48.5 Å². The molecule has 0 unspecified atom stereocenters. The largest absolute Gasteiger partial charge is 0.492 e. The van der Waals surface area contributed by atoms with Crippen LogP contribution in [-0.4, -0.2) is 38.8 Å². The molecule has 0 fully saturated rings. The lowest BCUT2D eigenvalue weighted by atomic mass is 10.2. The Morgan fingerprint density at radius 1 is 1.04 bits per heavy atom. The first-order chi connectivity index (χ1) is 11.8. The van der Waals surface area contributed by atoms with Crippen molar-refractivity contribution in [2.45, 2.75) is 0 Å². The van der Waals surface area contributed by atoms with Crippen molar-refractivity contribution in [2.75, 3.05) is 38.2 Å². The van der Waals surface area contributed by atoms with Gasteiger partial charge in [-0.05, 0) is 24.3 Å². The molecule has 2 aromatic rings. The van der Waals surface area contributed by atoms with E-state index in [0.717, 1.165) is 17.2 Å². The summed E-state index contributed by atoms with van der Waals surface area (Å²) >= 11 is 0. The van der Waals surface area contributed by atoms with Gasteiger partial charge in [0.1, 0.15) is 25.6 Å². The van der Waals surface area contributed by atoms with E-state index in [0.29, 0.717) is 32.1 Å². The molecule has 2 aromatic carbocycles. The smallest absolute Gasteiger partial charge is 0.239 e. The Labute approximate surface area is 140 Å². The number of rotatable bonds is 7. The molecular formula is C18H20N2O4. The molecule has 2 N–H and O–H groups in total. The fourth-order valence-electron chi connectivity index (χ4n) is 2.27. The lowest BCUT2D eigenvalue weighted by Gasteiger charge is -2.19. The van der Waals surface area contributed by atoms with Crippen molar-refractivity contribution in [1.29, 1.82) is 0 Å². The van der Waals surface area contributed by atoms with Crippen molar-refractivity contribution < 1.29 is 19.0 Å². The maximum absolute atomic E-state index is 11.8. The maximum Gasteiger partial charge on any atom is 0.239 e. The van der Waals surface area contributed by atoms with Gasteiger partial charge in [0, 0.05) is 11.8 Å². The summed E-state index contributed by atoms with van der Waals surface area (Å²) in [5.74, 6) is 2.12. The Bertz CT molecular complexity index is 676. The van der Waals surface area contributed by atoms with Crippen LogP contribution in [0.5, 0.6) is 17.2 Å². The second kappa shape index (κ2) is 8.10. The van der Waals surface area contributed by atoms with E-state index in [-0.39, 0.29) is 12.5 Å². The molecular weight excluding hydrogens is 308 g/mol. The van der Waals surface area contributed by atoms with Crippen molar-refractivity contribution in [3.63, 3.8) is 0 Å². The minimum atomic E-state index is -0.0958. The third-order valence-electron chi connectivity index (χ3n) is 3.43. The standard InChI is InChI=1S/C18H20N2O4/c21-18(19-8-9-22-15-4-2-1-3-5-15)13-20-14-6-7-16-17(12-14)24-11-10-23-16/h1-7,12,20H,8-11,13H2,(H,19,21). The van der Waals surface area contributed by atoms with Crippen molar-refractivity contribution in [2.24, 2.45) is 0 Å². The van der Waals surface area contributed by atoms with Gasteiger partial charge in [0.2, 0.25) is 5.91 Å². The van der Waals surface area contributed by atoms with Crippen LogP contribution in [0.25, 0.3) is 0 Å². The molecule has 0 aromatic heterocycles. The maximum atomic E-state index is 11.8. The molecule has 0 bridgehead atoms. The van der Waals surface area contributed by atoms with Gasteiger partial charge >= 0.3 is 0 Å². The van der Waals surface area contributed by atoms with Crippen LogP contribution in [0.2, 0.25) is 0 Å². The molecule has 1 amide bonds. The molecule has 0 saturated carbocycles. The van der Waals surface area contributed by atoms with Crippen LogP contribution in [0.1, 0.15) is 0 Å². The van der Waals surface area contributed by atoms with Crippen LogP contribution >= 0.6 is 0 Å². The first-order valence-corrected chi connectivity index (χ1v) is 7.89. The molecule has 0 spiro atoms. The van der Waals surface area contributed by atoms with E-state index in [2.05, 4.69) is 10.6 Å². The number of nitrogens with one attached hydrogen (secondary N) is 2. The number of hydrogen-bond donors (Lipinski definition) is 2. The molecule has 0 atom stereocenters. The number of para-hydroxylation sites is 1. The molecule has 1 heterocycles. The Morgan fingerprint density at radius 2 is 1.83 bits per heavy atom. The van der Waals surface area contributed by atoms with Crippen LogP contribution < -0.4 is 24.8 Å². The van der Waals surface area contributed by atoms with Gasteiger partial charge in [-0.1, -0.05) is 18.2 Å². The van der Waals surface area contributed by atoms with E-state index < -0.39 is 0 Å². The average molecular weight is 328 g/mol. The quantitative estimate of drug-likeness (QED) is 0.762. The van der Waals surface area contributed by atoms with Crippen LogP contribution in [0.4, 0.5) is 5.69 Å². The Balaban J connectivity index is 1.36. The summed E-state index contributed by atoms with van der Waals surface area (Å²) in [6.07, 6.45) is 0. The summed E-state index contributed by atoms with van der Waals surface area (Å²) < 4.78 is 16.5. The second-order valence-corrected chi connectivity index (χ2v) is 5.22. The predicted octanol–water partition coefficient (Wildman–Crippen LogP) is 2.06. The van der Waals surface area contributed by atoms with Gasteiger partial charge in [-0.2, -0.15) is 0 Å². The topological polar surface area (TPSA) is 68.8 Å². The highest BCUT2D eigenvalue weighted by molar-refractivity contribution is 5.80. The van der Waals surface area contributed by atoms with E-state index in [1.807, 2.05) is 48.5 Å². The van der Waals surface area contributed by atoms with E-state index in [9.17, 15) is 4.79 Å². The number of fused-ring (bicyclic) bond motifs is 1. The first-order valence-electron chi connectivity index (χ1n) is 7.89. The van der Waals surface area contributed by atoms with Crippen molar-refractivity contribution in [1.82, 2.24) is 5.32 Å². The second-order valence-electron chi connectivity index (χ2n) is 5.22. The number of benzene rings is 2. The molecule has 24 heavy (non-hydrogen) atoms. The van der Waals surface area contributed by atoms with Gasteiger partial charge in [-0.25, -0.2) is 0 Å². The van der Waals surface area contributed by atoms with Gasteiger partial charge in [-0.15, -0.1) is 0 Å². The molecule has 0 aliphatic carbocycles. The third kappa shape index (κ3) is 4.55. The molecule has 0 saturated heterocycles. The van der Waals surface area contributed by atoms with Gasteiger partial charge in [0.25, 0.3) is 0 Å². The van der Waals surface area contributed by atoms with Gasteiger partial charge < -0.3 is 24.8 Å². The Hall–Kier alpha value is -2.89. The highest BCUT2D eigenvalue weighted by Gasteiger charge is 2.11. The zero-order valence-electron chi connectivity index (χ0n) is 13.3. The number of anilines is 1. The number of carbonyl (C=O) groups is 1. The Morgan fingerprint density at radius 3 is 2.67 bits per heavy atom. The summed E-state index contributed by atoms with van der Waals surface area (Å²) in [6, 6.07) is 15.0. The molecule has 1 aliphatic rings. The fraction of sp³-hybridized carbons (Fsp3) is 0.278. The minimum Gasteiger partial charge on any atom is -0.492 e. The monoisotopic (exact) mass is 328 g/mol. The van der Waals surface area contributed by atoms with E-state index in [4.69, 9.17) is 14.2 Å². The highest BCUT2D eigenvalue weighted by Crippen LogP contribution is 2.32. The van der Waals surface area contributed by atoms with Gasteiger partial charge in [-0.3, -0.25) is 4.79 Å². The molecule has 0 radical (unpaired) electrons. The zero-order chi connectivity index (χ0) is 16.6. The van der Waals surface area contributed by atoms with Gasteiger partial charge in [0.05, 0.1) is 13.1 Å². The zero-order valence-corrected chi connectivity index (χ0v) is 13.3. The average Bonchev–Trinajstić information content (AvgIpc) is 2.64. The lowest BCUT2D eigenvalue weighted by molar-refractivity contribution is -0.119. The van der Waals surface area contributed by atoms with Crippen LogP contribution in [0.15, 0.2) is 48.5 Å². The number of hydrogen-bond acceptors (Lipinski definition) is 5. The molecule has 1 aliphatic heterocycles. The molecule has 126 valence electrons. The summed E-state index contributed by atoms with van der Waals surface area (Å²) in [7, 11) is 0. The molecule has 6 heteroatoms. The minimum absolute atomic E-state index is 0.0958. The van der Waals surface area contributed by atoms with E-state index in [1.54, 1.807) is 0 Å². The molecule has 6 nitrogen and oxygen atoms in total. The lowest BCUT2D eigenvalue weighted by Crippen LogP contribution is -2.33. The van der Waals surface area contributed by atoms with E-state index >= 15 is 0 Å². The number of ether oxygens (including phenoxy) is 3. The third-order valence-corrected chi connectivity index (χ3v) is 3.43. The van der Waals surface area contributed by atoms with Gasteiger partial charge in [0.15, 0.2) is 11.5 Å². The van der Waals surface area contributed by atoms with Crippen LogP contribution in [-0.2, 0) is 4.79 Å². The summed E-state index contributed by atoms with van der Waals surface area (Å²) in [6.45, 7) is 2.17. The molecule has 3 rings (SSSR count). The van der Waals surface area contributed by atoms with Crippen molar-refractivity contribution in [3.8, 4) is 17.2 Å². The fourth-order valence-corrected chi connectivity index (χ4v) is 2.27. The van der Waals surface area contributed by atoms with Crippen LogP contribution in [0.3, 0.4) is 0 Å². The normalized spacial score (nSPS) is 12.3. The SMILES string of the molecule is O=C(CNc1ccc2c(c1)OCCO2)NCCOc1ccccc1. The first kappa shape index (κ1) is 16.0. The summed E-state index contributed by atoms with van der Waals surface area (Å²) in [5.41, 5.74) is 0.815. The van der Waals surface area contributed by atoms with E-state index in [1.165, 1.54) is 0 Å². The summed E-state index contributed by atoms with van der Waals surface area (Å²) in [5, 5.41) is 5.87. The predicted molar refractivity (Wildman–Crippen MR) is 90.9 cm³/mol.